The Balaban J connectivity index is 1.86. The Morgan fingerprint density at radius 1 is 1.18 bits per heavy atom. The summed E-state index contributed by atoms with van der Waals surface area (Å²) in [4.78, 5) is 4.35. The second kappa shape index (κ2) is 6.79. The summed E-state index contributed by atoms with van der Waals surface area (Å²) in [6, 6.07) is 12.2. The molecule has 1 heterocycles. The van der Waals surface area contributed by atoms with Crippen molar-refractivity contribution in [3.63, 3.8) is 0 Å². The number of amidine groups is 1. The van der Waals surface area contributed by atoms with Gasteiger partial charge in [-0.2, -0.15) is 0 Å². The number of halogens is 2. The molecule has 114 valence electrons. The van der Waals surface area contributed by atoms with Crippen molar-refractivity contribution in [3.8, 4) is 5.75 Å². The number of rotatable bonds is 4. The largest absolute Gasteiger partial charge is 0.488 e. The molecule has 2 aromatic rings. The molecule has 0 radical (unpaired) electrons. The highest BCUT2D eigenvalue weighted by Crippen LogP contribution is 2.25. The van der Waals surface area contributed by atoms with Crippen LogP contribution in [-0.2, 0) is 6.61 Å². The molecule has 0 spiro atoms. The smallest absolute Gasteiger partial charge is 0.137 e. The number of ether oxygens (including phenoxy) is 1. The Labute approximate surface area is 133 Å². The molecule has 1 N–H and O–H groups in total. The molecule has 0 saturated carbocycles. The van der Waals surface area contributed by atoms with Gasteiger partial charge in [0.15, 0.2) is 0 Å². The standard InChI is InChI=1S/C17H16ClFN2O/c18-13-6-2-1-5-12(13)11-22-15-8-3-7-14(19)16(15)17-20-9-4-10-21-17/h1-3,5-8H,4,9-11H2,(H,20,21). The van der Waals surface area contributed by atoms with E-state index in [2.05, 4.69) is 10.3 Å². The number of nitrogens with one attached hydrogen (secondary N) is 1. The fraction of sp³-hybridized carbons (Fsp3) is 0.235. The SMILES string of the molecule is Fc1cccc(OCc2ccccc2Cl)c1C1=NCCCN1. The van der Waals surface area contributed by atoms with Gasteiger partial charge in [-0.25, -0.2) is 4.39 Å². The number of benzene rings is 2. The van der Waals surface area contributed by atoms with Gasteiger partial charge in [-0.05, 0) is 24.6 Å². The van der Waals surface area contributed by atoms with E-state index in [1.807, 2.05) is 18.2 Å². The topological polar surface area (TPSA) is 33.6 Å². The predicted molar refractivity (Wildman–Crippen MR) is 86.2 cm³/mol. The lowest BCUT2D eigenvalue weighted by Gasteiger charge is -2.18. The number of hydrogen-bond donors (Lipinski definition) is 1. The van der Waals surface area contributed by atoms with Gasteiger partial charge in [-0.15, -0.1) is 0 Å². The molecule has 0 saturated heterocycles. The van der Waals surface area contributed by atoms with Gasteiger partial charge < -0.3 is 10.1 Å². The number of nitrogens with zero attached hydrogens (tertiary/aromatic N) is 1. The molecular formula is C17H16ClFN2O. The summed E-state index contributed by atoms with van der Waals surface area (Å²) in [5, 5.41) is 3.76. The van der Waals surface area contributed by atoms with Crippen LogP contribution < -0.4 is 10.1 Å². The second-order valence-corrected chi connectivity index (χ2v) is 5.41. The molecule has 0 fully saturated rings. The van der Waals surface area contributed by atoms with Crippen molar-refractivity contribution in [2.45, 2.75) is 13.0 Å². The number of aliphatic imine (C=N–C) groups is 1. The Kier molecular flexibility index (Phi) is 4.59. The van der Waals surface area contributed by atoms with E-state index < -0.39 is 0 Å². The Bertz CT molecular complexity index is 703. The van der Waals surface area contributed by atoms with Gasteiger partial charge in [0.2, 0.25) is 0 Å². The van der Waals surface area contributed by atoms with Gasteiger partial charge in [0.1, 0.15) is 24.0 Å². The summed E-state index contributed by atoms with van der Waals surface area (Å²) in [6.07, 6.45) is 0.952. The number of hydrogen-bond acceptors (Lipinski definition) is 3. The normalized spacial score (nSPS) is 14.2. The van der Waals surface area contributed by atoms with Crippen molar-refractivity contribution < 1.29 is 9.13 Å². The van der Waals surface area contributed by atoms with E-state index in [0.717, 1.165) is 18.5 Å². The van der Waals surface area contributed by atoms with E-state index in [1.165, 1.54) is 6.07 Å². The third-order valence-corrected chi connectivity index (χ3v) is 3.82. The molecule has 0 aromatic heterocycles. The van der Waals surface area contributed by atoms with Crippen molar-refractivity contribution in [1.29, 1.82) is 0 Å². The first-order chi connectivity index (χ1) is 10.8. The molecule has 5 heteroatoms. The molecular weight excluding hydrogens is 303 g/mol. The minimum Gasteiger partial charge on any atom is -0.488 e. The van der Waals surface area contributed by atoms with Crippen LogP contribution in [0.4, 0.5) is 4.39 Å². The van der Waals surface area contributed by atoms with Gasteiger partial charge in [-0.1, -0.05) is 35.9 Å². The summed E-state index contributed by atoms with van der Waals surface area (Å²) in [5.41, 5.74) is 1.24. The van der Waals surface area contributed by atoms with Gasteiger partial charge in [0.25, 0.3) is 0 Å². The second-order valence-electron chi connectivity index (χ2n) is 5.00. The average Bonchev–Trinajstić information content (AvgIpc) is 2.55. The molecule has 1 aliphatic heterocycles. The quantitative estimate of drug-likeness (QED) is 0.930. The molecule has 0 atom stereocenters. The van der Waals surface area contributed by atoms with Crippen LogP contribution in [0.5, 0.6) is 5.75 Å². The molecule has 0 unspecified atom stereocenters. The van der Waals surface area contributed by atoms with Gasteiger partial charge in [-0.3, -0.25) is 4.99 Å². The first-order valence-electron chi connectivity index (χ1n) is 7.19. The highest BCUT2D eigenvalue weighted by atomic mass is 35.5. The van der Waals surface area contributed by atoms with E-state index in [4.69, 9.17) is 16.3 Å². The molecule has 0 aliphatic carbocycles. The van der Waals surface area contributed by atoms with Crippen LogP contribution in [0.1, 0.15) is 17.5 Å². The fourth-order valence-electron chi connectivity index (χ4n) is 2.33. The highest BCUT2D eigenvalue weighted by molar-refractivity contribution is 6.31. The Morgan fingerprint density at radius 3 is 2.82 bits per heavy atom. The molecule has 0 amide bonds. The van der Waals surface area contributed by atoms with Gasteiger partial charge in [0.05, 0.1) is 5.56 Å². The minimum atomic E-state index is -0.343. The minimum absolute atomic E-state index is 0.281. The zero-order chi connectivity index (χ0) is 15.4. The average molecular weight is 319 g/mol. The molecule has 22 heavy (non-hydrogen) atoms. The molecule has 1 aliphatic rings. The predicted octanol–water partition coefficient (Wildman–Crippen LogP) is 3.80. The van der Waals surface area contributed by atoms with E-state index in [9.17, 15) is 4.39 Å². The molecule has 3 nitrogen and oxygen atoms in total. The van der Waals surface area contributed by atoms with Crippen LogP contribution in [0.2, 0.25) is 5.02 Å². The van der Waals surface area contributed by atoms with Crippen molar-refractivity contribution in [3.05, 3.63) is 64.4 Å². The van der Waals surface area contributed by atoms with Crippen LogP contribution in [-0.4, -0.2) is 18.9 Å². The van der Waals surface area contributed by atoms with Crippen LogP contribution in [0.15, 0.2) is 47.5 Å². The fourth-order valence-corrected chi connectivity index (χ4v) is 2.52. The Hall–Kier alpha value is -2.07. The third-order valence-electron chi connectivity index (χ3n) is 3.45. The lowest BCUT2D eigenvalue weighted by molar-refractivity contribution is 0.304. The summed E-state index contributed by atoms with van der Waals surface area (Å²) in [5.74, 6) is 0.677. The van der Waals surface area contributed by atoms with Crippen molar-refractivity contribution in [2.75, 3.05) is 13.1 Å². The van der Waals surface area contributed by atoms with Crippen LogP contribution in [0.3, 0.4) is 0 Å². The summed E-state index contributed by atoms with van der Waals surface area (Å²) >= 11 is 6.12. The zero-order valence-corrected chi connectivity index (χ0v) is 12.7. The monoisotopic (exact) mass is 318 g/mol. The first kappa shape index (κ1) is 14.9. The first-order valence-corrected chi connectivity index (χ1v) is 7.57. The van der Waals surface area contributed by atoms with Gasteiger partial charge in [0, 0.05) is 23.7 Å². The maximum Gasteiger partial charge on any atom is 0.137 e. The van der Waals surface area contributed by atoms with Crippen molar-refractivity contribution in [2.24, 2.45) is 4.99 Å². The van der Waals surface area contributed by atoms with Gasteiger partial charge >= 0.3 is 0 Å². The lowest BCUT2D eigenvalue weighted by atomic mass is 10.1. The van der Waals surface area contributed by atoms with E-state index in [0.29, 0.717) is 28.7 Å². The third kappa shape index (κ3) is 3.22. The lowest BCUT2D eigenvalue weighted by Crippen LogP contribution is -2.31. The van der Waals surface area contributed by atoms with Crippen molar-refractivity contribution >= 4 is 17.4 Å². The maximum atomic E-state index is 14.2. The maximum absolute atomic E-state index is 14.2. The molecule has 0 bridgehead atoms. The van der Waals surface area contributed by atoms with E-state index >= 15 is 0 Å². The molecule has 3 rings (SSSR count). The van der Waals surface area contributed by atoms with Crippen molar-refractivity contribution in [1.82, 2.24) is 5.32 Å². The van der Waals surface area contributed by atoms with E-state index in [1.54, 1.807) is 18.2 Å². The summed E-state index contributed by atoms with van der Waals surface area (Å²) < 4.78 is 20.0. The Morgan fingerprint density at radius 2 is 2.05 bits per heavy atom. The summed E-state index contributed by atoms with van der Waals surface area (Å²) in [6.45, 7) is 1.77. The van der Waals surface area contributed by atoms with Crippen LogP contribution in [0.25, 0.3) is 0 Å². The molecule has 2 aromatic carbocycles. The summed E-state index contributed by atoms with van der Waals surface area (Å²) in [7, 11) is 0. The van der Waals surface area contributed by atoms with E-state index in [-0.39, 0.29) is 12.4 Å². The highest BCUT2D eigenvalue weighted by Gasteiger charge is 2.17. The van der Waals surface area contributed by atoms with Crippen LogP contribution >= 0.6 is 11.6 Å². The zero-order valence-electron chi connectivity index (χ0n) is 12.0. The van der Waals surface area contributed by atoms with Crippen LogP contribution in [0, 0.1) is 5.82 Å².